The van der Waals surface area contributed by atoms with E-state index in [-0.39, 0.29) is 0 Å². The van der Waals surface area contributed by atoms with Crippen molar-refractivity contribution >= 4 is 5.82 Å². The fraction of sp³-hybridized carbons (Fsp3) is 0.667. The third-order valence-corrected chi connectivity index (χ3v) is 3.09. The molecule has 1 saturated heterocycles. The molecule has 1 aromatic heterocycles. The van der Waals surface area contributed by atoms with Crippen molar-refractivity contribution in [1.82, 2.24) is 9.97 Å². The minimum Gasteiger partial charge on any atom is -0.381 e. The maximum Gasteiger partial charge on any atom is 0.151 e. The zero-order valence-corrected chi connectivity index (χ0v) is 10.3. The lowest BCUT2D eigenvalue weighted by atomic mass is 10.0. The molecule has 5 nitrogen and oxygen atoms in total. The average molecular weight is 236 g/mol. The van der Waals surface area contributed by atoms with Gasteiger partial charge in [0.1, 0.15) is 0 Å². The molecule has 1 fully saturated rings. The third-order valence-electron chi connectivity index (χ3n) is 3.09. The third kappa shape index (κ3) is 3.14. The molecule has 1 aliphatic heterocycles. The van der Waals surface area contributed by atoms with E-state index in [4.69, 9.17) is 10.5 Å². The molecule has 5 heteroatoms. The van der Waals surface area contributed by atoms with E-state index in [0.717, 1.165) is 37.7 Å². The monoisotopic (exact) mass is 236 g/mol. The summed E-state index contributed by atoms with van der Waals surface area (Å²) < 4.78 is 5.49. The van der Waals surface area contributed by atoms with Gasteiger partial charge < -0.3 is 15.4 Å². The van der Waals surface area contributed by atoms with Gasteiger partial charge >= 0.3 is 0 Å². The number of rotatable bonds is 4. The van der Waals surface area contributed by atoms with E-state index in [1.165, 1.54) is 6.42 Å². The van der Waals surface area contributed by atoms with Crippen LogP contribution in [0.3, 0.4) is 0 Å². The largest absolute Gasteiger partial charge is 0.381 e. The second kappa shape index (κ2) is 5.93. The summed E-state index contributed by atoms with van der Waals surface area (Å²) in [6.07, 6.45) is 5.77. The summed E-state index contributed by atoms with van der Waals surface area (Å²) in [5.74, 6) is 1.47. The van der Waals surface area contributed by atoms with Crippen molar-refractivity contribution in [2.45, 2.75) is 19.4 Å². The van der Waals surface area contributed by atoms with Crippen LogP contribution in [0.15, 0.2) is 12.4 Å². The highest BCUT2D eigenvalue weighted by molar-refractivity contribution is 5.41. The molecule has 1 aromatic rings. The SMILES string of the molecule is CN(CC1CCCOC1)c1nccnc1CN. The fourth-order valence-corrected chi connectivity index (χ4v) is 2.25. The van der Waals surface area contributed by atoms with Gasteiger partial charge in [-0.2, -0.15) is 0 Å². The quantitative estimate of drug-likeness (QED) is 0.837. The standard InChI is InChI=1S/C12H20N4O/c1-16(8-10-3-2-6-17-9-10)12-11(7-13)14-4-5-15-12/h4-5,10H,2-3,6-9,13H2,1H3. The van der Waals surface area contributed by atoms with Gasteiger partial charge in [0.25, 0.3) is 0 Å². The van der Waals surface area contributed by atoms with Crippen LogP contribution in [-0.2, 0) is 11.3 Å². The van der Waals surface area contributed by atoms with E-state index in [1.54, 1.807) is 12.4 Å². The van der Waals surface area contributed by atoms with Crippen molar-refractivity contribution in [3.63, 3.8) is 0 Å². The average Bonchev–Trinajstić information content (AvgIpc) is 2.40. The van der Waals surface area contributed by atoms with E-state index in [9.17, 15) is 0 Å². The van der Waals surface area contributed by atoms with Crippen molar-refractivity contribution in [2.75, 3.05) is 31.7 Å². The molecule has 2 rings (SSSR count). The van der Waals surface area contributed by atoms with Gasteiger partial charge in [0, 0.05) is 39.1 Å². The summed E-state index contributed by atoms with van der Waals surface area (Å²) in [4.78, 5) is 10.7. The Labute approximate surface area is 102 Å². The first-order chi connectivity index (χ1) is 8.31. The van der Waals surface area contributed by atoms with Crippen LogP contribution in [0.25, 0.3) is 0 Å². The Morgan fingerprint density at radius 3 is 3.00 bits per heavy atom. The lowest BCUT2D eigenvalue weighted by molar-refractivity contribution is 0.0576. The minimum absolute atomic E-state index is 0.425. The van der Waals surface area contributed by atoms with E-state index in [0.29, 0.717) is 12.5 Å². The van der Waals surface area contributed by atoms with Gasteiger partial charge in [-0.05, 0) is 18.8 Å². The van der Waals surface area contributed by atoms with Crippen LogP contribution < -0.4 is 10.6 Å². The molecular formula is C12H20N4O. The molecule has 0 saturated carbocycles. The van der Waals surface area contributed by atoms with Crippen molar-refractivity contribution in [1.29, 1.82) is 0 Å². The molecular weight excluding hydrogens is 216 g/mol. The predicted molar refractivity (Wildman–Crippen MR) is 66.7 cm³/mol. The summed E-state index contributed by atoms with van der Waals surface area (Å²) in [6.45, 7) is 3.13. The molecule has 1 unspecified atom stereocenters. The molecule has 0 amide bonds. The van der Waals surface area contributed by atoms with Crippen LogP contribution in [0, 0.1) is 5.92 Å². The molecule has 17 heavy (non-hydrogen) atoms. The van der Waals surface area contributed by atoms with E-state index >= 15 is 0 Å². The number of hydrogen-bond donors (Lipinski definition) is 1. The Hall–Kier alpha value is -1.20. The normalized spacial score (nSPS) is 20.2. The van der Waals surface area contributed by atoms with Gasteiger partial charge in [-0.15, -0.1) is 0 Å². The van der Waals surface area contributed by atoms with Crippen LogP contribution >= 0.6 is 0 Å². The van der Waals surface area contributed by atoms with Crippen LogP contribution in [0.4, 0.5) is 5.82 Å². The van der Waals surface area contributed by atoms with Gasteiger partial charge in [0.2, 0.25) is 0 Å². The highest BCUT2D eigenvalue weighted by Crippen LogP contribution is 2.19. The lowest BCUT2D eigenvalue weighted by Crippen LogP contribution is -2.32. The van der Waals surface area contributed by atoms with Crippen molar-refractivity contribution in [3.05, 3.63) is 18.1 Å². The number of anilines is 1. The highest BCUT2D eigenvalue weighted by Gasteiger charge is 2.18. The molecule has 94 valence electrons. The Morgan fingerprint density at radius 1 is 1.47 bits per heavy atom. The Balaban J connectivity index is 2.00. The first-order valence-corrected chi connectivity index (χ1v) is 6.10. The first-order valence-electron chi connectivity index (χ1n) is 6.10. The summed E-state index contributed by atoms with van der Waals surface area (Å²) >= 11 is 0. The Bertz CT molecular complexity index is 352. The summed E-state index contributed by atoms with van der Waals surface area (Å²) in [5.41, 5.74) is 6.52. The van der Waals surface area contributed by atoms with Gasteiger partial charge in [-0.25, -0.2) is 4.98 Å². The van der Waals surface area contributed by atoms with Crippen molar-refractivity contribution < 1.29 is 4.74 Å². The van der Waals surface area contributed by atoms with E-state index < -0.39 is 0 Å². The molecule has 0 aromatic carbocycles. The van der Waals surface area contributed by atoms with Crippen molar-refractivity contribution in [3.8, 4) is 0 Å². The zero-order valence-electron chi connectivity index (χ0n) is 10.3. The number of nitrogens with two attached hydrogens (primary N) is 1. The van der Waals surface area contributed by atoms with Crippen LogP contribution in [0.1, 0.15) is 18.5 Å². The maximum absolute atomic E-state index is 5.67. The van der Waals surface area contributed by atoms with E-state index in [1.807, 2.05) is 7.05 Å². The zero-order chi connectivity index (χ0) is 12.1. The predicted octanol–water partition coefficient (Wildman–Crippen LogP) is 0.798. The number of ether oxygens (including phenoxy) is 1. The number of nitrogens with zero attached hydrogens (tertiary/aromatic N) is 3. The van der Waals surface area contributed by atoms with Crippen LogP contribution in [0.2, 0.25) is 0 Å². The molecule has 2 N–H and O–H groups in total. The summed E-state index contributed by atoms with van der Waals surface area (Å²) in [7, 11) is 2.04. The second-order valence-electron chi connectivity index (χ2n) is 4.49. The highest BCUT2D eigenvalue weighted by atomic mass is 16.5. The summed E-state index contributed by atoms with van der Waals surface area (Å²) in [6, 6.07) is 0. The molecule has 1 aliphatic rings. The molecule has 0 spiro atoms. The van der Waals surface area contributed by atoms with Gasteiger partial charge in [0.05, 0.1) is 12.3 Å². The fourth-order valence-electron chi connectivity index (χ4n) is 2.25. The molecule has 0 aliphatic carbocycles. The molecule has 2 heterocycles. The summed E-state index contributed by atoms with van der Waals surface area (Å²) in [5, 5.41) is 0. The number of hydrogen-bond acceptors (Lipinski definition) is 5. The molecule has 0 radical (unpaired) electrons. The smallest absolute Gasteiger partial charge is 0.151 e. The lowest BCUT2D eigenvalue weighted by Gasteiger charge is -2.28. The minimum atomic E-state index is 0.425. The van der Waals surface area contributed by atoms with Crippen LogP contribution in [-0.4, -0.2) is 36.8 Å². The Morgan fingerprint density at radius 2 is 2.29 bits per heavy atom. The Kier molecular flexibility index (Phi) is 4.28. The van der Waals surface area contributed by atoms with Gasteiger partial charge in [-0.1, -0.05) is 0 Å². The van der Waals surface area contributed by atoms with Crippen LogP contribution in [0.5, 0.6) is 0 Å². The van der Waals surface area contributed by atoms with Gasteiger partial charge in [0.15, 0.2) is 5.82 Å². The second-order valence-corrected chi connectivity index (χ2v) is 4.49. The molecule has 1 atom stereocenters. The van der Waals surface area contributed by atoms with Gasteiger partial charge in [-0.3, -0.25) is 4.98 Å². The number of aromatic nitrogens is 2. The van der Waals surface area contributed by atoms with Crippen molar-refractivity contribution in [2.24, 2.45) is 11.7 Å². The topological polar surface area (TPSA) is 64.3 Å². The maximum atomic E-state index is 5.67. The van der Waals surface area contributed by atoms with E-state index in [2.05, 4.69) is 14.9 Å². The first kappa shape index (κ1) is 12.3. The molecule has 0 bridgehead atoms.